The molecule has 4 atom stereocenters. The number of nitrogens with zero attached hydrogens (tertiary/aromatic N) is 2. The van der Waals surface area contributed by atoms with Gasteiger partial charge in [0.1, 0.15) is 6.61 Å². The van der Waals surface area contributed by atoms with E-state index in [1.165, 1.54) is 5.56 Å². The topological polar surface area (TPSA) is 68.2 Å². The molecule has 164 valence electrons. The molecule has 4 unspecified atom stereocenters. The second kappa shape index (κ2) is 8.26. The van der Waals surface area contributed by atoms with Crippen LogP contribution in [0.4, 0.5) is 0 Å². The van der Waals surface area contributed by atoms with Crippen LogP contribution in [0.15, 0.2) is 59.7 Å². The number of hydrazone groups is 1. The highest BCUT2D eigenvalue weighted by molar-refractivity contribution is 6.06. The Labute approximate surface area is 187 Å². The fourth-order valence-corrected chi connectivity index (χ4v) is 5.08. The van der Waals surface area contributed by atoms with Crippen LogP contribution in [0, 0.1) is 30.6 Å². The number of hydrogen-bond donors (Lipinski definition) is 0. The van der Waals surface area contributed by atoms with Crippen LogP contribution in [0.25, 0.3) is 0 Å². The summed E-state index contributed by atoms with van der Waals surface area (Å²) in [6.07, 6.45) is 6.60. The van der Waals surface area contributed by atoms with E-state index in [0.29, 0.717) is 24.7 Å². The quantitative estimate of drug-likeness (QED) is 0.377. The van der Waals surface area contributed by atoms with Crippen molar-refractivity contribution in [2.45, 2.75) is 26.9 Å². The van der Waals surface area contributed by atoms with E-state index in [1.807, 2.05) is 50.2 Å². The number of allylic oxidation sites excluding steroid dienone is 2. The monoisotopic (exact) mass is 430 g/mol. The summed E-state index contributed by atoms with van der Waals surface area (Å²) in [5, 5.41) is 5.31. The Balaban J connectivity index is 1.31. The van der Waals surface area contributed by atoms with Crippen molar-refractivity contribution in [1.82, 2.24) is 5.01 Å². The van der Waals surface area contributed by atoms with E-state index in [4.69, 9.17) is 9.47 Å². The predicted molar refractivity (Wildman–Crippen MR) is 120 cm³/mol. The van der Waals surface area contributed by atoms with Gasteiger partial charge in [-0.3, -0.25) is 9.59 Å². The molecule has 0 radical (unpaired) electrons. The van der Waals surface area contributed by atoms with Crippen LogP contribution in [0.2, 0.25) is 0 Å². The van der Waals surface area contributed by atoms with E-state index < -0.39 is 0 Å². The molecule has 1 aliphatic heterocycles. The molecule has 6 heteroatoms. The van der Waals surface area contributed by atoms with Crippen LogP contribution in [0.5, 0.6) is 11.5 Å². The van der Waals surface area contributed by atoms with Crippen LogP contribution in [0.3, 0.4) is 0 Å². The number of ether oxygens (including phenoxy) is 2. The highest BCUT2D eigenvalue weighted by atomic mass is 16.5. The molecule has 0 spiro atoms. The lowest BCUT2D eigenvalue weighted by atomic mass is 9.85. The van der Waals surface area contributed by atoms with Crippen LogP contribution in [0.1, 0.15) is 30.0 Å². The first-order valence-electron chi connectivity index (χ1n) is 11.1. The van der Waals surface area contributed by atoms with E-state index >= 15 is 0 Å². The third-order valence-electron chi connectivity index (χ3n) is 6.51. The largest absolute Gasteiger partial charge is 0.490 e. The van der Waals surface area contributed by atoms with Gasteiger partial charge in [-0.15, -0.1) is 0 Å². The van der Waals surface area contributed by atoms with E-state index in [2.05, 4.69) is 23.3 Å². The van der Waals surface area contributed by atoms with E-state index in [-0.39, 0.29) is 35.5 Å². The summed E-state index contributed by atoms with van der Waals surface area (Å²) in [5.74, 6) is 0.731. The van der Waals surface area contributed by atoms with Gasteiger partial charge in [0.2, 0.25) is 0 Å². The Morgan fingerprint density at radius 1 is 1.00 bits per heavy atom. The van der Waals surface area contributed by atoms with Crippen molar-refractivity contribution in [2.24, 2.45) is 28.8 Å². The summed E-state index contributed by atoms with van der Waals surface area (Å²) in [7, 11) is 0. The first kappa shape index (κ1) is 20.5. The minimum Gasteiger partial charge on any atom is -0.490 e. The Bertz CT molecular complexity index is 1090. The van der Waals surface area contributed by atoms with E-state index in [1.54, 1.807) is 6.21 Å². The SMILES string of the molecule is CCOc1cc(C=NN2C(=O)C3C4C=CC(C4)C3C2=O)ccc1OCc1cccc(C)c1. The fourth-order valence-electron chi connectivity index (χ4n) is 5.08. The summed E-state index contributed by atoms with van der Waals surface area (Å²) < 4.78 is 11.7. The predicted octanol–water partition coefficient (Wildman–Crippen LogP) is 4.11. The number of amides is 2. The number of aryl methyl sites for hydroxylation is 1. The molecule has 2 amide bonds. The number of benzene rings is 2. The second-order valence-electron chi connectivity index (χ2n) is 8.65. The number of imide groups is 1. The van der Waals surface area contributed by atoms with Gasteiger partial charge in [-0.1, -0.05) is 42.0 Å². The van der Waals surface area contributed by atoms with Crippen LogP contribution < -0.4 is 9.47 Å². The van der Waals surface area contributed by atoms with Gasteiger partial charge in [0.15, 0.2) is 11.5 Å². The molecule has 1 saturated heterocycles. The zero-order valence-electron chi connectivity index (χ0n) is 18.2. The number of hydrogen-bond acceptors (Lipinski definition) is 5. The lowest BCUT2D eigenvalue weighted by Crippen LogP contribution is -2.28. The average molecular weight is 431 g/mol. The second-order valence-corrected chi connectivity index (χ2v) is 8.65. The van der Waals surface area contributed by atoms with Crippen molar-refractivity contribution in [2.75, 3.05) is 6.61 Å². The maximum atomic E-state index is 12.8. The molecule has 6 nitrogen and oxygen atoms in total. The van der Waals surface area contributed by atoms with Crippen molar-refractivity contribution in [3.8, 4) is 11.5 Å². The molecule has 2 aliphatic carbocycles. The van der Waals surface area contributed by atoms with Gasteiger partial charge in [-0.2, -0.15) is 10.1 Å². The Morgan fingerprint density at radius 2 is 1.75 bits per heavy atom. The molecule has 2 bridgehead atoms. The number of carbonyl (C=O) groups excluding carboxylic acids is 2. The molecule has 2 fully saturated rings. The van der Waals surface area contributed by atoms with Gasteiger partial charge in [0, 0.05) is 0 Å². The third kappa shape index (κ3) is 3.60. The van der Waals surface area contributed by atoms with Gasteiger partial charge >= 0.3 is 0 Å². The summed E-state index contributed by atoms with van der Waals surface area (Å²) in [5.41, 5.74) is 3.00. The van der Waals surface area contributed by atoms with Crippen molar-refractivity contribution < 1.29 is 19.1 Å². The zero-order valence-corrected chi connectivity index (χ0v) is 18.2. The minimum atomic E-state index is -0.244. The van der Waals surface area contributed by atoms with Crippen LogP contribution in [-0.4, -0.2) is 29.6 Å². The molecule has 0 aromatic heterocycles. The molecular weight excluding hydrogens is 404 g/mol. The molecule has 2 aromatic rings. The fraction of sp³-hybridized carbons (Fsp3) is 0.346. The molecule has 1 saturated carbocycles. The maximum absolute atomic E-state index is 12.8. The minimum absolute atomic E-state index is 0.177. The smallest absolute Gasteiger partial charge is 0.254 e. The average Bonchev–Trinajstić information content (AvgIpc) is 3.46. The zero-order chi connectivity index (χ0) is 22.2. The van der Waals surface area contributed by atoms with Gasteiger partial charge in [-0.25, -0.2) is 0 Å². The highest BCUT2D eigenvalue weighted by Crippen LogP contribution is 2.52. The molecule has 32 heavy (non-hydrogen) atoms. The summed E-state index contributed by atoms with van der Waals surface area (Å²) >= 11 is 0. The molecular formula is C26H26N2O4. The van der Waals surface area contributed by atoms with E-state index in [0.717, 1.165) is 22.6 Å². The Kier molecular flexibility index (Phi) is 5.29. The standard InChI is InChI=1S/C26H26N2O4/c1-3-31-22-12-17(7-10-21(22)32-15-18-6-4-5-16(2)11-18)14-27-28-25(29)23-19-8-9-20(13-19)24(23)26(28)30/h4-12,14,19-20,23-24H,3,13,15H2,1-2H3. The first-order chi connectivity index (χ1) is 15.5. The van der Waals surface area contributed by atoms with Gasteiger partial charge in [-0.05, 0) is 61.4 Å². The first-order valence-corrected chi connectivity index (χ1v) is 11.1. The van der Waals surface area contributed by atoms with Crippen molar-refractivity contribution >= 4 is 18.0 Å². The van der Waals surface area contributed by atoms with Crippen molar-refractivity contribution in [3.63, 3.8) is 0 Å². The Hall–Kier alpha value is -3.41. The van der Waals surface area contributed by atoms with Gasteiger partial charge < -0.3 is 9.47 Å². The maximum Gasteiger partial charge on any atom is 0.254 e. The summed E-state index contributed by atoms with van der Waals surface area (Å²) in [6, 6.07) is 13.7. The van der Waals surface area contributed by atoms with Crippen LogP contribution in [-0.2, 0) is 16.2 Å². The number of rotatable bonds is 7. The lowest BCUT2D eigenvalue weighted by Gasteiger charge is -2.13. The number of carbonyl (C=O) groups is 2. The van der Waals surface area contributed by atoms with Crippen LogP contribution >= 0.6 is 0 Å². The summed E-state index contributed by atoms with van der Waals surface area (Å²) in [4.78, 5) is 25.6. The molecule has 3 aliphatic rings. The Morgan fingerprint density at radius 3 is 2.44 bits per heavy atom. The third-order valence-corrected chi connectivity index (χ3v) is 6.51. The normalized spacial score (nSPS) is 25.8. The van der Waals surface area contributed by atoms with Gasteiger partial charge in [0.25, 0.3) is 11.8 Å². The van der Waals surface area contributed by atoms with Gasteiger partial charge in [0.05, 0.1) is 24.7 Å². The molecule has 5 rings (SSSR count). The van der Waals surface area contributed by atoms with Crippen molar-refractivity contribution in [1.29, 1.82) is 0 Å². The lowest BCUT2D eigenvalue weighted by molar-refractivity contribution is -0.140. The number of fused-ring (bicyclic) bond motifs is 5. The molecule has 0 N–H and O–H groups in total. The van der Waals surface area contributed by atoms with Crippen molar-refractivity contribution in [3.05, 3.63) is 71.3 Å². The molecule has 1 heterocycles. The summed E-state index contributed by atoms with van der Waals surface area (Å²) in [6.45, 7) is 4.89. The molecule has 2 aromatic carbocycles. The van der Waals surface area contributed by atoms with E-state index in [9.17, 15) is 9.59 Å². The highest BCUT2D eigenvalue weighted by Gasteiger charge is 2.59.